The third-order valence-electron chi connectivity index (χ3n) is 3.41. The van der Waals surface area contributed by atoms with Crippen molar-refractivity contribution in [2.45, 2.75) is 52.0 Å². The van der Waals surface area contributed by atoms with E-state index in [-0.39, 0.29) is 0 Å². The van der Waals surface area contributed by atoms with E-state index in [0.717, 1.165) is 25.0 Å². The molecule has 0 aromatic rings. The Labute approximate surface area is 88.6 Å². The standard InChI is InChI=1S/C12H26N2/c1-10-4-3-5-12(7-6-10)14-9-11(2)8-13/h10-12,14H,3-9,13H2,1-2H3. The van der Waals surface area contributed by atoms with Crippen LogP contribution in [0.3, 0.4) is 0 Å². The molecule has 1 saturated carbocycles. The van der Waals surface area contributed by atoms with Crippen molar-refractivity contribution in [2.75, 3.05) is 13.1 Å². The molecule has 0 radical (unpaired) electrons. The quantitative estimate of drug-likeness (QED) is 0.679. The van der Waals surface area contributed by atoms with Gasteiger partial charge in [-0.25, -0.2) is 0 Å². The van der Waals surface area contributed by atoms with Crippen LogP contribution in [0.4, 0.5) is 0 Å². The van der Waals surface area contributed by atoms with Gasteiger partial charge in [-0.3, -0.25) is 0 Å². The highest BCUT2D eigenvalue weighted by atomic mass is 14.9. The van der Waals surface area contributed by atoms with Gasteiger partial charge in [0.2, 0.25) is 0 Å². The van der Waals surface area contributed by atoms with E-state index in [1.165, 1.54) is 32.1 Å². The molecule has 3 N–H and O–H groups in total. The number of nitrogens with two attached hydrogens (primary N) is 1. The molecule has 0 saturated heterocycles. The Kier molecular flexibility index (Phi) is 5.49. The minimum absolute atomic E-state index is 0.621. The van der Waals surface area contributed by atoms with Gasteiger partial charge in [-0.05, 0) is 44.2 Å². The Morgan fingerprint density at radius 1 is 1.29 bits per heavy atom. The highest BCUT2D eigenvalue weighted by Gasteiger charge is 2.15. The van der Waals surface area contributed by atoms with E-state index in [1.807, 2.05) is 0 Å². The maximum atomic E-state index is 5.60. The average Bonchev–Trinajstić information content (AvgIpc) is 2.39. The van der Waals surface area contributed by atoms with Crippen molar-refractivity contribution < 1.29 is 0 Å². The van der Waals surface area contributed by atoms with E-state index in [4.69, 9.17) is 5.73 Å². The molecule has 0 bridgehead atoms. The summed E-state index contributed by atoms with van der Waals surface area (Å²) in [4.78, 5) is 0. The molecule has 84 valence electrons. The lowest BCUT2D eigenvalue weighted by Crippen LogP contribution is -2.34. The molecule has 14 heavy (non-hydrogen) atoms. The molecule has 0 aliphatic heterocycles. The summed E-state index contributed by atoms with van der Waals surface area (Å²) in [6, 6.07) is 0.758. The van der Waals surface area contributed by atoms with Gasteiger partial charge >= 0.3 is 0 Å². The molecule has 1 rings (SSSR count). The molecule has 0 spiro atoms. The maximum Gasteiger partial charge on any atom is 0.00672 e. The molecule has 0 amide bonds. The van der Waals surface area contributed by atoms with E-state index in [0.29, 0.717) is 5.92 Å². The fourth-order valence-electron chi connectivity index (χ4n) is 2.14. The number of hydrogen-bond donors (Lipinski definition) is 2. The van der Waals surface area contributed by atoms with Crippen molar-refractivity contribution >= 4 is 0 Å². The number of nitrogens with one attached hydrogen (secondary N) is 1. The van der Waals surface area contributed by atoms with E-state index in [9.17, 15) is 0 Å². The Morgan fingerprint density at radius 3 is 2.79 bits per heavy atom. The van der Waals surface area contributed by atoms with Crippen molar-refractivity contribution in [3.05, 3.63) is 0 Å². The molecule has 0 aromatic carbocycles. The van der Waals surface area contributed by atoms with Crippen LogP contribution in [-0.4, -0.2) is 19.1 Å². The molecule has 1 aliphatic carbocycles. The smallest absolute Gasteiger partial charge is 0.00672 e. The molecule has 1 aliphatic rings. The van der Waals surface area contributed by atoms with Gasteiger partial charge in [-0.2, -0.15) is 0 Å². The van der Waals surface area contributed by atoms with E-state index < -0.39 is 0 Å². The molecule has 2 nitrogen and oxygen atoms in total. The van der Waals surface area contributed by atoms with Crippen molar-refractivity contribution in [1.29, 1.82) is 0 Å². The minimum atomic E-state index is 0.621. The van der Waals surface area contributed by atoms with E-state index in [2.05, 4.69) is 19.2 Å². The summed E-state index contributed by atoms with van der Waals surface area (Å²) in [5.41, 5.74) is 5.60. The van der Waals surface area contributed by atoms with Crippen LogP contribution in [0.5, 0.6) is 0 Å². The summed E-state index contributed by atoms with van der Waals surface area (Å²) in [6.07, 6.45) is 6.94. The summed E-state index contributed by atoms with van der Waals surface area (Å²) in [5, 5.41) is 3.65. The van der Waals surface area contributed by atoms with Crippen LogP contribution in [0.2, 0.25) is 0 Å². The number of hydrogen-bond acceptors (Lipinski definition) is 2. The van der Waals surface area contributed by atoms with Gasteiger partial charge in [0.05, 0.1) is 0 Å². The molecule has 0 heterocycles. The van der Waals surface area contributed by atoms with Crippen LogP contribution in [0.15, 0.2) is 0 Å². The summed E-state index contributed by atoms with van der Waals surface area (Å²) < 4.78 is 0. The lowest BCUT2D eigenvalue weighted by molar-refractivity contribution is 0.411. The van der Waals surface area contributed by atoms with Crippen LogP contribution >= 0.6 is 0 Å². The second-order valence-corrected chi connectivity index (χ2v) is 5.06. The Bertz CT molecular complexity index is 147. The van der Waals surface area contributed by atoms with E-state index in [1.54, 1.807) is 0 Å². The second-order valence-electron chi connectivity index (χ2n) is 5.06. The van der Waals surface area contributed by atoms with Crippen LogP contribution in [0.25, 0.3) is 0 Å². The van der Waals surface area contributed by atoms with Crippen LogP contribution in [0.1, 0.15) is 46.0 Å². The SMILES string of the molecule is CC1CCCC(NCC(C)CN)CC1. The lowest BCUT2D eigenvalue weighted by atomic mass is 10.0. The second kappa shape index (κ2) is 6.41. The van der Waals surface area contributed by atoms with E-state index >= 15 is 0 Å². The highest BCUT2D eigenvalue weighted by Crippen LogP contribution is 2.22. The van der Waals surface area contributed by atoms with Crippen molar-refractivity contribution in [3.63, 3.8) is 0 Å². The van der Waals surface area contributed by atoms with Gasteiger partial charge in [0.25, 0.3) is 0 Å². The monoisotopic (exact) mass is 198 g/mol. The first-order chi connectivity index (χ1) is 6.72. The maximum absolute atomic E-state index is 5.60. The largest absolute Gasteiger partial charge is 0.330 e. The van der Waals surface area contributed by atoms with Crippen molar-refractivity contribution in [2.24, 2.45) is 17.6 Å². The van der Waals surface area contributed by atoms with Gasteiger partial charge in [0, 0.05) is 6.04 Å². The van der Waals surface area contributed by atoms with Crippen molar-refractivity contribution in [3.8, 4) is 0 Å². The predicted octanol–water partition coefficient (Wildman–Crippen LogP) is 2.14. The molecule has 3 unspecified atom stereocenters. The van der Waals surface area contributed by atoms with Gasteiger partial charge < -0.3 is 11.1 Å². The first kappa shape index (κ1) is 12.0. The Hall–Kier alpha value is -0.0800. The Morgan fingerprint density at radius 2 is 2.07 bits per heavy atom. The summed E-state index contributed by atoms with van der Waals surface area (Å²) in [7, 11) is 0. The molecular weight excluding hydrogens is 172 g/mol. The summed E-state index contributed by atoms with van der Waals surface area (Å²) >= 11 is 0. The zero-order valence-corrected chi connectivity index (χ0v) is 9.76. The molecular formula is C12H26N2. The fourth-order valence-corrected chi connectivity index (χ4v) is 2.14. The van der Waals surface area contributed by atoms with Crippen LogP contribution < -0.4 is 11.1 Å². The third kappa shape index (κ3) is 4.43. The fraction of sp³-hybridized carbons (Fsp3) is 1.00. The van der Waals surface area contributed by atoms with Gasteiger partial charge in [-0.15, -0.1) is 0 Å². The third-order valence-corrected chi connectivity index (χ3v) is 3.41. The van der Waals surface area contributed by atoms with Gasteiger partial charge in [-0.1, -0.05) is 26.7 Å². The minimum Gasteiger partial charge on any atom is -0.330 e. The van der Waals surface area contributed by atoms with Crippen LogP contribution in [0, 0.1) is 11.8 Å². The predicted molar refractivity (Wildman–Crippen MR) is 62.3 cm³/mol. The molecule has 3 atom stereocenters. The normalized spacial score (nSPS) is 31.1. The average molecular weight is 198 g/mol. The zero-order chi connectivity index (χ0) is 10.4. The van der Waals surface area contributed by atoms with Gasteiger partial charge in [0.15, 0.2) is 0 Å². The Balaban J connectivity index is 2.17. The topological polar surface area (TPSA) is 38.0 Å². The molecule has 1 fully saturated rings. The van der Waals surface area contributed by atoms with Crippen LogP contribution in [-0.2, 0) is 0 Å². The highest BCUT2D eigenvalue weighted by molar-refractivity contribution is 4.74. The zero-order valence-electron chi connectivity index (χ0n) is 9.76. The first-order valence-corrected chi connectivity index (χ1v) is 6.15. The number of rotatable bonds is 4. The summed E-state index contributed by atoms with van der Waals surface area (Å²) in [6.45, 7) is 6.49. The molecule has 0 aromatic heterocycles. The summed E-state index contributed by atoms with van der Waals surface area (Å²) in [5.74, 6) is 1.56. The molecule has 2 heteroatoms. The van der Waals surface area contributed by atoms with Crippen molar-refractivity contribution in [1.82, 2.24) is 5.32 Å². The van der Waals surface area contributed by atoms with Gasteiger partial charge in [0.1, 0.15) is 0 Å². The first-order valence-electron chi connectivity index (χ1n) is 6.15. The lowest BCUT2D eigenvalue weighted by Gasteiger charge is -2.18.